The zero-order valence-electron chi connectivity index (χ0n) is 16.9. The van der Waals surface area contributed by atoms with E-state index in [2.05, 4.69) is 10.6 Å². The summed E-state index contributed by atoms with van der Waals surface area (Å²) < 4.78 is 26.9. The number of nitrogens with one attached hydrogen (secondary N) is 2. The van der Waals surface area contributed by atoms with E-state index >= 15 is 0 Å². The fourth-order valence-electron chi connectivity index (χ4n) is 3.25. The number of rotatable bonds is 6. The fourth-order valence-corrected chi connectivity index (χ4v) is 3.25. The molecule has 0 radical (unpaired) electrons. The van der Waals surface area contributed by atoms with Crippen molar-refractivity contribution in [1.82, 2.24) is 20.4 Å². The first-order chi connectivity index (χ1) is 15.0. The SMILES string of the molecule is O=C(NCCCNC(=O)N1CCN(C(=O)c2ccccc2F)CC1)c1cccc(F)c1. The molecule has 9 heteroatoms. The second-order valence-corrected chi connectivity index (χ2v) is 7.11. The number of hydrogen-bond donors (Lipinski definition) is 2. The Morgan fingerprint density at radius 3 is 2.23 bits per heavy atom. The van der Waals surface area contributed by atoms with Crippen LogP contribution in [0.4, 0.5) is 13.6 Å². The van der Waals surface area contributed by atoms with Gasteiger partial charge in [-0.15, -0.1) is 0 Å². The molecule has 0 bridgehead atoms. The van der Waals surface area contributed by atoms with Crippen molar-refractivity contribution in [3.63, 3.8) is 0 Å². The van der Waals surface area contributed by atoms with Gasteiger partial charge in [-0.3, -0.25) is 9.59 Å². The van der Waals surface area contributed by atoms with E-state index < -0.39 is 11.6 Å². The van der Waals surface area contributed by atoms with Crippen molar-refractivity contribution >= 4 is 17.8 Å². The van der Waals surface area contributed by atoms with Crippen LogP contribution in [0.15, 0.2) is 48.5 Å². The quantitative estimate of drug-likeness (QED) is 0.690. The van der Waals surface area contributed by atoms with Gasteiger partial charge in [-0.1, -0.05) is 18.2 Å². The maximum Gasteiger partial charge on any atom is 0.317 e. The highest BCUT2D eigenvalue weighted by Crippen LogP contribution is 2.12. The molecule has 0 aromatic heterocycles. The Hall–Kier alpha value is -3.49. The first kappa shape index (κ1) is 22.2. The Bertz CT molecular complexity index is 946. The Morgan fingerprint density at radius 1 is 0.839 bits per heavy atom. The van der Waals surface area contributed by atoms with Gasteiger partial charge in [0, 0.05) is 44.8 Å². The maximum atomic E-state index is 13.8. The van der Waals surface area contributed by atoms with E-state index in [9.17, 15) is 23.2 Å². The third kappa shape index (κ3) is 6.00. The lowest BCUT2D eigenvalue weighted by molar-refractivity contribution is 0.0660. The van der Waals surface area contributed by atoms with Crippen molar-refractivity contribution in [2.75, 3.05) is 39.3 Å². The van der Waals surface area contributed by atoms with Crippen LogP contribution in [0.3, 0.4) is 0 Å². The molecule has 7 nitrogen and oxygen atoms in total. The van der Waals surface area contributed by atoms with Gasteiger partial charge in [-0.05, 0) is 36.8 Å². The summed E-state index contributed by atoms with van der Waals surface area (Å²) in [6.07, 6.45) is 0.512. The zero-order valence-corrected chi connectivity index (χ0v) is 16.9. The number of carbonyl (C=O) groups is 3. The molecule has 1 aliphatic heterocycles. The van der Waals surface area contributed by atoms with Crippen LogP contribution in [0.25, 0.3) is 0 Å². The predicted molar refractivity (Wildman–Crippen MR) is 111 cm³/mol. The highest BCUT2D eigenvalue weighted by molar-refractivity contribution is 5.95. The Kier molecular flexibility index (Phi) is 7.53. The molecule has 1 aliphatic rings. The summed E-state index contributed by atoms with van der Waals surface area (Å²) in [4.78, 5) is 39.8. The second-order valence-electron chi connectivity index (χ2n) is 7.11. The number of urea groups is 1. The van der Waals surface area contributed by atoms with Crippen LogP contribution >= 0.6 is 0 Å². The van der Waals surface area contributed by atoms with Gasteiger partial charge in [0.1, 0.15) is 11.6 Å². The van der Waals surface area contributed by atoms with Gasteiger partial charge in [0.15, 0.2) is 0 Å². The molecule has 0 unspecified atom stereocenters. The molecule has 0 saturated carbocycles. The van der Waals surface area contributed by atoms with Crippen molar-refractivity contribution in [2.24, 2.45) is 0 Å². The minimum atomic E-state index is -0.558. The van der Waals surface area contributed by atoms with E-state index in [0.717, 1.165) is 6.07 Å². The molecule has 2 N–H and O–H groups in total. The second kappa shape index (κ2) is 10.5. The van der Waals surface area contributed by atoms with Crippen molar-refractivity contribution < 1.29 is 23.2 Å². The molecule has 164 valence electrons. The van der Waals surface area contributed by atoms with Crippen LogP contribution in [0.1, 0.15) is 27.1 Å². The first-order valence-corrected chi connectivity index (χ1v) is 10.1. The summed E-state index contributed by atoms with van der Waals surface area (Å²) in [5, 5.41) is 5.44. The lowest BCUT2D eigenvalue weighted by atomic mass is 10.1. The van der Waals surface area contributed by atoms with Gasteiger partial charge in [-0.25, -0.2) is 13.6 Å². The molecule has 2 aromatic rings. The average Bonchev–Trinajstić information content (AvgIpc) is 2.78. The van der Waals surface area contributed by atoms with Crippen LogP contribution < -0.4 is 10.6 Å². The summed E-state index contributed by atoms with van der Waals surface area (Å²) in [5.41, 5.74) is 0.271. The molecule has 2 aromatic carbocycles. The Balaban J connectivity index is 1.34. The van der Waals surface area contributed by atoms with E-state index in [4.69, 9.17) is 0 Å². The molecule has 3 rings (SSSR count). The van der Waals surface area contributed by atoms with Crippen LogP contribution in [0.2, 0.25) is 0 Å². The lowest BCUT2D eigenvalue weighted by Gasteiger charge is -2.34. The molecule has 1 saturated heterocycles. The van der Waals surface area contributed by atoms with Gasteiger partial charge >= 0.3 is 6.03 Å². The summed E-state index contributed by atoms with van der Waals surface area (Å²) in [5.74, 6) is -1.79. The third-order valence-corrected chi connectivity index (χ3v) is 4.96. The Labute approximate surface area is 179 Å². The minimum Gasteiger partial charge on any atom is -0.352 e. The molecule has 1 fully saturated rings. The molecule has 0 spiro atoms. The molecule has 4 amide bonds. The van der Waals surface area contributed by atoms with Gasteiger partial charge in [0.2, 0.25) is 0 Å². The molecule has 0 aliphatic carbocycles. The first-order valence-electron chi connectivity index (χ1n) is 10.1. The number of amides is 4. The molecular formula is C22H24F2N4O3. The third-order valence-electron chi connectivity index (χ3n) is 4.96. The van der Waals surface area contributed by atoms with E-state index in [0.29, 0.717) is 45.7 Å². The monoisotopic (exact) mass is 430 g/mol. The summed E-state index contributed by atoms with van der Waals surface area (Å²) in [7, 11) is 0. The molecular weight excluding hydrogens is 406 g/mol. The normalized spacial score (nSPS) is 13.6. The summed E-state index contributed by atoms with van der Waals surface area (Å²) >= 11 is 0. The van der Waals surface area contributed by atoms with E-state index in [1.165, 1.54) is 41.3 Å². The standard InChI is InChI=1S/C22H24F2N4O3/c23-17-6-3-5-16(15-17)20(29)25-9-4-10-26-22(31)28-13-11-27(12-14-28)21(30)18-7-1-2-8-19(18)24/h1-3,5-8,15H,4,9-14H2,(H,25,29)(H,26,31). The van der Waals surface area contributed by atoms with E-state index in [1.54, 1.807) is 11.0 Å². The highest BCUT2D eigenvalue weighted by Gasteiger charge is 2.25. The number of nitrogens with zero attached hydrogens (tertiary/aromatic N) is 2. The smallest absolute Gasteiger partial charge is 0.317 e. The molecule has 0 atom stereocenters. The number of carbonyl (C=O) groups excluding carboxylic acids is 3. The summed E-state index contributed by atoms with van der Waals surface area (Å²) in [6, 6.07) is 11.0. The zero-order chi connectivity index (χ0) is 22.2. The van der Waals surface area contributed by atoms with Crippen LogP contribution in [0, 0.1) is 11.6 Å². The van der Waals surface area contributed by atoms with E-state index in [-0.39, 0.29) is 29.0 Å². The van der Waals surface area contributed by atoms with Crippen molar-refractivity contribution in [1.29, 1.82) is 0 Å². The fraction of sp³-hybridized carbons (Fsp3) is 0.318. The van der Waals surface area contributed by atoms with Gasteiger partial charge in [0.05, 0.1) is 5.56 Å². The van der Waals surface area contributed by atoms with Crippen LogP contribution in [-0.2, 0) is 0 Å². The van der Waals surface area contributed by atoms with E-state index in [1.807, 2.05) is 0 Å². The summed E-state index contributed by atoms with van der Waals surface area (Å²) in [6.45, 7) is 2.04. The number of benzene rings is 2. The number of piperazine rings is 1. The van der Waals surface area contributed by atoms with Gasteiger partial charge in [-0.2, -0.15) is 0 Å². The number of hydrogen-bond acceptors (Lipinski definition) is 3. The highest BCUT2D eigenvalue weighted by atomic mass is 19.1. The van der Waals surface area contributed by atoms with Crippen LogP contribution in [-0.4, -0.2) is 66.9 Å². The molecule has 1 heterocycles. The minimum absolute atomic E-state index is 0.0284. The Morgan fingerprint density at radius 2 is 1.52 bits per heavy atom. The topological polar surface area (TPSA) is 81.8 Å². The van der Waals surface area contributed by atoms with Crippen molar-refractivity contribution in [2.45, 2.75) is 6.42 Å². The number of halogens is 2. The van der Waals surface area contributed by atoms with Gasteiger partial charge in [0.25, 0.3) is 11.8 Å². The van der Waals surface area contributed by atoms with Gasteiger partial charge < -0.3 is 20.4 Å². The average molecular weight is 430 g/mol. The molecule has 31 heavy (non-hydrogen) atoms. The lowest BCUT2D eigenvalue weighted by Crippen LogP contribution is -2.53. The van der Waals surface area contributed by atoms with Crippen LogP contribution in [0.5, 0.6) is 0 Å². The predicted octanol–water partition coefficient (Wildman–Crippen LogP) is 2.25. The largest absolute Gasteiger partial charge is 0.352 e. The van der Waals surface area contributed by atoms with Crippen molar-refractivity contribution in [3.8, 4) is 0 Å². The van der Waals surface area contributed by atoms with Crippen molar-refractivity contribution in [3.05, 3.63) is 71.3 Å². The maximum absolute atomic E-state index is 13.8.